The predicted molar refractivity (Wildman–Crippen MR) is 104 cm³/mol. The van der Waals surface area contributed by atoms with Crippen LogP contribution in [0.15, 0.2) is 36.7 Å². The standard InChI is InChI=1S/C20H24N6O/c1-14-18(15(2)26-20(23-14)21-13-22-26)8-9-19(27)25-11-10-17(12-25)24-16-6-4-3-5-7-16/h3-7,13,17,24H,8-12H2,1-2H3/t17-/m0/s1. The number of nitrogens with zero attached hydrogens (tertiary/aromatic N) is 5. The number of aryl methyl sites for hydroxylation is 2. The van der Waals surface area contributed by atoms with Crippen LogP contribution >= 0.6 is 0 Å². The molecule has 4 rings (SSSR count). The van der Waals surface area contributed by atoms with E-state index in [9.17, 15) is 4.79 Å². The molecule has 0 bridgehead atoms. The molecule has 3 heterocycles. The van der Waals surface area contributed by atoms with Crippen molar-refractivity contribution in [3.63, 3.8) is 0 Å². The van der Waals surface area contributed by atoms with Gasteiger partial charge in [-0.15, -0.1) is 0 Å². The molecule has 27 heavy (non-hydrogen) atoms. The zero-order valence-corrected chi connectivity index (χ0v) is 15.7. The summed E-state index contributed by atoms with van der Waals surface area (Å²) >= 11 is 0. The molecule has 7 heteroatoms. The maximum Gasteiger partial charge on any atom is 0.252 e. The molecule has 0 saturated carbocycles. The summed E-state index contributed by atoms with van der Waals surface area (Å²) in [5.41, 5.74) is 4.12. The molecule has 0 spiro atoms. The Labute approximate surface area is 158 Å². The number of amides is 1. The van der Waals surface area contributed by atoms with Gasteiger partial charge >= 0.3 is 0 Å². The molecular formula is C20H24N6O. The molecule has 3 aromatic rings. The van der Waals surface area contributed by atoms with Gasteiger partial charge in [-0.3, -0.25) is 4.79 Å². The van der Waals surface area contributed by atoms with E-state index in [-0.39, 0.29) is 5.91 Å². The molecule has 1 atom stereocenters. The summed E-state index contributed by atoms with van der Waals surface area (Å²) in [4.78, 5) is 23.3. The van der Waals surface area contributed by atoms with Crippen molar-refractivity contribution in [3.8, 4) is 0 Å². The highest BCUT2D eigenvalue weighted by Crippen LogP contribution is 2.19. The number of carbonyl (C=O) groups excluding carboxylic acids is 1. The molecule has 1 aliphatic rings. The summed E-state index contributed by atoms with van der Waals surface area (Å²) < 4.78 is 1.74. The van der Waals surface area contributed by atoms with Crippen molar-refractivity contribution in [2.45, 2.75) is 39.2 Å². The highest BCUT2D eigenvalue weighted by atomic mass is 16.2. The van der Waals surface area contributed by atoms with Crippen molar-refractivity contribution in [2.24, 2.45) is 0 Å². The Morgan fingerprint density at radius 2 is 2.07 bits per heavy atom. The van der Waals surface area contributed by atoms with E-state index in [0.29, 0.717) is 24.7 Å². The number of hydrogen-bond donors (Lipinski definition) is 1. The maximum absolute atomic E-state index is 12.7. The van der Waals surface area contributed by atoms with Crippen LogP contribution in [0.3, 0.4) is 0 Å². The number of carbonyl (C=O) groups is 1. The molecule has 1 N–H and O–H groups in total. The summed E-state index contributed by atoms with van der Waals surface area (Å²) in [6.07, 6.45) is 3.65. The van der Waals surface area contributed by atoms with Gasteiger partial charge in [0.2, 0.25) is 5.91 Å². The van der Waals surface area contributed by atoms with E-state index in [4.69, 9.17) is 0 Å². The van der Waals surface area contributed by atoms with Crippen LogP contribution in [0.4, 0.5) is 5.69 Å². The van der Waals surface area contributed by atoms with Crippen LogP contribution in [-0.4, -0.2) is 49.5 Å². The maximum atomic E-state index is 12.7. The van der Waals surface area contributed by atoms with Crippen LogP contribution in [0.5, 0.6) is 0 Å². The Bertz CT molecular complexity index is 952. The minimum Gasteiger partial charge on any atom is -0.380 e. The predicted octanol–water partition coefficient (Wildman–Crippen LogP) is 2.39. The number of anilines is 1. The first-order valence-electron chi connectivity index (χ1n) is 9.37. The van der Waals surface area contributed by atoms with Gasteiger partial charge < -0.3 is 10.2 Å². The Kier molecular flexibility index (Phi) is 4.75. The summed E-state index contributed by atoms with van der Waals surface area (Å²) in [5.74, 6) is 0.805. The third-order valence-electron chi connectivity index (χ3n) is 5.26. The van der Waals surface area contributed by atoms with Gasteiger partial charge in [-0.25, -0.2) is 9.50 Å². The highest BCUT2D eigenvalue weighted by Gasteiger charge is 2.26. The highest BCUT2D eigenvalue weighted by molar-refractivity contribution is 5.77. The minimum absolute atomic E-state index is 0.199. The number of nitrogens with one attached hydrogen (secondary N) is 1. The van der Waals surface area contributed by atoms with E-state index in [1.54, 1.807) is 4.52 Å². The monoisotopic (exact) mass is 364 g/mol. The van der Waals surface area contributed by atoms with Gasteiger partial charge in [0.1, 0.15) is 6.33 Å². The van der Waals surface area contributed by atoms with Crippen LogP contribution in [0.1, 0.15) is 29.8 Å². The van der Waals surface area contributed by atoms with Crippen LogP contribution in [0.25, 0.3) is 5.78 Å². The summed E-state index contributed by atoms with van der Waals surface area (Å²) in [6, 6.07) is 10.5. The normalized spacial score (nSPS) is 16.8. The number of benzene rings is 1. The van der Waals surface area contributed by atoms with Gasteiger partial charge in [-0.2, -0.15) is 10.1 Å². The third-order valence-corrected chi connectivity index (χ3v) is 5.26. The van der Waals surface area contributed by atoms with Crippen molar-refractivity contribution in [1.82, 2.24) is 24.5 Å². The summed E-state index contributed by atoms with van der Waals surface area (Å²) in [7, 11) is 0. The average Bonchev–Trinajstić information content (AvgIpc) is 3.32. The molecule has 2 aromatic heterocycles. The van der Waals surface area contributed by atoms with Crippen molar-refractivity contribution in [1.29, 1.82) is 0 Å². The van der Waals surface area contributed by atoms with Crippen LogP contribution < -0.4 is 5.32 Å². The molecular weight excluding hydrogens is 340 g/mol. The van der Waals surface area contributed by atoms with Crippen molar-refractivity contribution >= 4 is 17.4 Å². The smallest absolute Gasteiger partial charge is 0.252 e. The first-order valence-corrected chi connectivity index (χ1v) is 9.37. The molecule has 1 saturated heterocycles. The van der Waals surface area contributed by atoms with Gasteiger partial charge in [0.15, 0.2) is 0 Å². The van der Waals surface area contributed by atoms with E-state index in [1.165, 1.54) is 6.33 Å². The average molecular weight is 364 g/mol. The van der Waals surface area contributed by atoms with Gasteiger partial charge in [0.25, 0.3) is 5.78 Å². The SMILES string of the molecule is Cc1nc2ncnn2c(C)c1CCC(=O)N1CC[C@H](Nc2ccccc2)C1. The molecule has 1 aromatic carbocycles. The molecule has 1 fully saturated rings. The number of rotatable bonds is 5. The molecule has 140 valence electrons. The van der Waals surface area contributed by atoms with E-state index in [2.05, 4.69) is 32.5 Å². The zero-order chi connectivity index (χ0) is 18.8. The number of hydrogen-bond acceptors (Lipinski definition) is 5. The lowest BCUT2D eigenvalue weighted by atomic mass is 10.1. The van der Waals surface area contributed by atoms with Crippen LogP contribution in [0, 0.1) is 13.8 Å². The lowest BCUT2D eigenvalue weighted by Gasteiger charge is -2.18. The van der Waals surface area contributed by atoms with Crippen molar-refractivity contribution in [2.75, 3.05) is 18.4 Å². The van der Waals surface area contributed by atoms with E-state index >= 15 is 0 Å². The van der Waals surface area contributed by atoms with Gasteiger partial charge in [-0.05, 0) is 44.4 Å². The summed E-state index contributed by atoms with van der Waals surface area (Å²) in [5, 5.41) is 7.73. The minimum atomic E-state index is 0.199. The Hall–Kier alpha value is -2.96. The van der Waals surface area contributed by atoms with Crippen LogP contribution in [-0.2, 0) is 11.2 Å². The summed E-state index contributed by atoms with van der Waals surface area (Å²) in [6.45, 7) is 5.54. The van der Waals surface area contributed by atoms with Gasteiger partial charge in [0.05, 0.1) is 0 Å². The fourth-order valence-electron chi connectivity index (χ4n) is 3.78. The van der Waals surface area contributed by atoms with Crippen LogP contribution in [0.2, 0.25) is 0 Å². The van der Waals surface area contributed by atoms with E-state index in [0.717, 1.165) is 42.1 Å². The Morgan fingerprint density at radius 3 is 2.89 bits per heavy atom. The molecule has 0 aliphatic carbocycles. The molecule has 1 amide bonds. The van der Waals surface area contributed by atoms with Gasteiger partial charge in [0, 0.05) is 42.6 Å². The molecule has 0 radical (unpaired) electrons. The fraction of sp³-hybridized carbons (Fsp3) is 0.400. The first kappa shape index (κ1) is 17.5. The largest absolute Gasteiger partial charge is 0.380 e. The number of likely N-dealkylation sites (tertiary alicyclic amines) is 1. The molecule has 0 unspecified atom stereocenters. The first-order chi connectivity index (χ1) is 13.1. The van der Waals surface area contributed by atoms with E-state index < -0.39 is 0 Å². The number of aromatic nitrogens is 4. The lowest BCUT2D eigenvalue weighted by molar-refractivity contribution is -0.130. The topological polar surface area (TPSA) is 75.4 Å². The Balaban J connectivity index is 1.36. The number of fused-ring (bicyclic) bond motifs is 1. The second-order valence-electron chi connectivity index (χ2n) is 7.07. The second kappa shape index (κ2) is 7.34. The molecule has 7 nitrogen and oxygen atoms in total. The zero-order valence-electron chi connectivity index (χ0n) is 15.7. The number of para-hydroxylation sites is 1. The lowest BCUT2D eigenvalue weighted by Crippen LogP contribution is -2.31. The third kappa shape index (κ3) is 3.63. The van der Waals surface area contributed by atoms with Crippen molar-refractivity contribution in [3.05, 3.63) is 53.6 Å². The Morgan fingerprint density at radius 1 is 1.26 bits per heavy atom. The van der Waals surface area contributed by atoms with E-state index in [1.807, 2.05) is 36.9 Å². The molecule has 1 aliphatic heterocycles. The quantitative estimate of drug-likeness (QED) is 0.752. The fourth-order valence-corrected chi connectivity index (χ4v) is 3.78. The second-order valence-corrected chi connectivity index (χ2v) is 7.07. The van der Waals surface area contributed by atoms with Crippen molar-refractivity contribution < 1.29 is 4.79 Å². The van der Waals surface area contributed by atoms with Gasteiger partial charge in [-0.1, -0.05) is 18.2 Å².